The average molecular weight is 1150 g/mol. The van der Waals surface area contributed by atoms with Crippen LogP contribution in [0, 0.1) is 28.1 Å². The van der Waals surface area contributed by atoms with Crippen LogP contribution in [0.5, 0.6) is 0 Å². The number of ether oxygens (including phenoxy) is 5. The van der Waals surface area contributed by atoms with Gasteiger partial charge in [0, 0.05) is 12.8 Å². The molecule has 1 aliphatic carbocycles. The number of esters is 4. The van der Waals surface area contributed by atoms with Gasteiger partial charge in [-0.1, -0.05) is 68.2 Å². The minimum Gasteiger partial charge on any atom is -0.462 e. The molecule has 0 aromatic rings. The van der Waals surface area contributed by atoms with Gasteiger partial charge in [0.25, 0.3) is 10.1 Å². The second-order valence-electron chi connectivity index (χ2n) is 22.1. The molecular weight excluding hydrogens is 1070 g/mol. The zero-order valence-corrected chi connectivity index (χ0v) is 47.1. The van der Waals surface area contributed by atoms with Gasteiger partial charge in [-0.25, -0.2) is 0 Å². The minimum atomic E-state index is -5.76. The maximum Gasteiger partial charge on any atom is 0.462 e. The number of rotatable bonds is 18. The van der Waals surface area contributed by atoms with Gasteiger partial charge in [-0.3, -0.25) is 23.7 Å². The van der Waals surface area contributed by atoms with E-state index in [0.717, 1.165) is 39.0 Å². The van der Waals surface area contributed by atoms with E-state index in [9.17, 15) is 86.1 Å². The second kappa shape index (κ2) is 28.4. The van der Waals surface area contributed by atoms with Crippen LogP contribution in [0.1, 0.15) is 196 Å². The van der Waals surface area contributed by atoms with Crippen LogP contribution < -0.4 is 0 Å². The SMILES string of the molecule is C.CCC(C)(C)C(=O)OC(C)CC(C)(O)C(F)(F)F.CCC(C)(C)C(=O)OC(CC(C)(O)C(F)(F)F)C1CCCCC1.CCC(C)(C)C(=O)OC1(C)COC(OC(=O)C(C)C)(C(F)(F)F)C1(F)F.CCC(C)S(=O)(=O)O. The first-order valence-corrected chi connectivity index (χ1v) is 26.2. The van der Waals surface area contributed by atoms with E-state index >= 15 is 0 Å². The van der Waals surface area contributed by atoms with Crippen molar-refractivity contribution < 1.29 is 114 Å². The predicted molar refractivity (Wildman–Crippen MR) is 260 cm³/mol. The van der Waals surface area contributed by atoms with Gasteiger partial charge < -0.3 is 33.9 Å². The van der Waals surface area contributed by atoms with Crippen LogP contribution in [0.3, 0.4) is 0 Å². The number of aliphatic hydroxyl groups is 2. The topological polar surface area (TPSA) is 209 Å². The van der Waals surface area contributed by atoms with Gasteiger partial charge in [-0.2, -0.15) is 56.7 Å². The van der Waals surface area contributed by atoms with Crippen molar-refractivity contribution in [2.75, 3.05) is 6.61 Å². The molecule has 7 atom stereocenters. The van der Waals surface area contributed by atoms with Crippen molar-refractivity contribution in [3.05, 3.63) is 0 Å². The van der Waals surface area contributed by atoms with E-state index in [1.54, 1.807) is 48.5 Å². The summed E-state index contributed by atoms with van der Waals surface area (Å²) < 4.78 is 199. The number of hydrogen-bond donors (Lipinski definition) is 3. The minimum absolute atomic E-state index is 0. The quantitative estimate of drug-likeness (QED) is 0.0505. The van der Waals surface area contributed by atoms with Crippen LogP contribution in [0.25, 0.3) is 0 Å². The molecule has 26 heteroatoms. The highest BCUT2D eigenvalue weighted by Crippen LogP contribution is 2.57. The summed E-state index contributed by atoms with van der Waals surface area (Å²) in [6.07, 6.45) is -12.3. The monoisotopic (exact) mass is 1150 g/mol. The molecule has 1 saturated carbocycles. The summed E-state index contributed by atoms with van der Waals surface area (Å²) in [5.74, 6) is -14.3. The molecule has 2 rings (SSSR count). The summed E-state index contributed by atoms with van der Waals surface area (Å²) in [5, 5.41) is 18.5. The maximum absolute atomic E-state index is 14.9. The summed E-state index contributed by atoms with van der Waals surface area (Å²) in [4.78, 5) is 47.7. The molecule has 7 unspecified atom stereocenters. The Bertz CT molecular complexity index is 1940. The van der Waals surface area contributed by atoms with Crippen molar-refractivity contribution >= 4 is 34.0 Å². The third kappa shape index (κ3) is 21.2. The molecule has 0 spiro atoms. The van der Waals surface area contributed by atoms with Gasteiger partial charge >= 0.3 is 54.1 Å². The van der Waals surface area contributed by atoms with E-state index in [0.29, 0.717) is 33.1 Å². The molecule has 0 bridgehead atoms. The second-order valence-corrected chi connectivity index (χ2v) is 24.0. The average Bonchev–Trinajstić information content (AvgIpc) is 3.45. The zero-order valence-electron chi connectivity index (χ0n) is 46.3. The smallest absolute Gasteiger partial charge is 0.462 e. The van der Waals surface area contributed by atoms with Crippen LogP contribution in [0.2, 0.25) is 0 Å². The fraction of sp³-hybridized carbons (Fsp3) is 0.920. The Hall–Kier alpha value is -3.10. The van der Waals surface area contributed by atoms with Crippen molar-refractivity contribution in [1.29, 1.82) is 0 Å². The predicted octanol–water partition coefficient (Wildman–Crippen LogP) is 12.8. The third-order valence-electron chi connectivity index (χ3n) is 13.7. The van der Waals surface area contributed by atoms with Crippen LogP contribution in [-0.4, -0.2) is 118 Å². The Labute approximate surface area is 442 Å². The third-order valence-corrected chi connectivity index (χ3v) is 15.0. The molecule has 1 aliphatic heterocycles. The van der Waals surface area contributed by atoms with Crippen molar-refractivity contribution in [3.63, 3.8) is 0 Å². The van der Waals surface area contributed by atoms with Crippen LogP contribution >= 0.6 is 0 Å². The van der Waals surface area contributed by atoms with Crippen molar-refractivity contribution in [1.82, 2.24) is 0 Å². The van der Waals surface area contributed by atoms with E-state index in [4.69, 9.17) is 18.8 Å². The molecule has 0 aromatic carbocycles. The van der Waals surface area contributed by atoms with Crippen LogP contribution in [0.15, 0.2) is 0 Å². The van der Waals surface area contributed by atoms with Crippen molar-refractivity contribution in [3.8, 4) is 0 Å². The van der Waals surface area contributed by atoms with Crippen molar-refractivity contribution in [2.24, 2.45) is 28.1 Å². The highest BCUT2D eigenvalue weighted by atomic mass is 32.2. The number of carbonyl (C=O) groups excluding carboxylic acids is 4. The summed E-state index contributed by atoms with van der Waals surface area (Å²) in [6, 6.07) is 0. The molecule has 0 amide bonds. The fourth-order valence-corrected chi connectivity index (χ4v) is 6.62. The Balaban J connectivity index is -0.000000986. The molecule has 3 N–H and O–H groups in total. The first-order chi connectivity index (χ1) is 33.2. The maximum atomic E-state index is 14.9. The van der Waals surface area contributed by atoms with Gasteiger partial charge in [-0.05, 0) is 121 Å². The zero-order chi connectivity index (χ0) is 60.2. The van der Waals surface area contributed by atoms with Gasteiger partial charge in [0.15, 0.2) is 11.2 Å². The normalized spacial score (nSPS) is 22.4. The number of carbonyl (C=O) groups is 4. The molecule has 2 fully saturated rings. The lowest BCUT2D eigenvalue weighted by Crippen LogP contribution is -2.65. The Morgan fingerprint density at radius 3 is 1.36 bits per heavy atom. The Morgan fingerprint density at radius 2 is 1.03 bits per heavy atom. The van der Waals surface area contributed by atoms with Crippen LogP contribution in [0.4, 0.5) is 48.3 Å². The molecule has 1 heterocycles. The standard InChI is InChI=1S/C17H29F3O3.C16H23F5O5.C12H21F3O3.C4H10O3S.CH4/c1-5-15(2,3)14(21)23-13(12-9-7-6-8-10-12)11-16(4,22)17(18,19)20;1-7-12(4,5)11(23)26-13(6)8-24-15(14(13,17)18,16(19,20)21)25-10(22)9(2)3;1-6-10(3,4)9(16)18-8(2)7-11(5,17)12(13,14)15;1-3-4(2)8(5,6)7;/h12-13,22H,5-11H2,1-4H3;9H,7-8H2,1-6H3;8,17H,6-7H2,1-5H3;4H,3H2,1-2H3,(H,5,6,7);1H4. The number of hydrogen-bond acceptors (Lipinski definition) is 13. The molecule has 0 aromatic heterocycles. The van der Waals surface area contributed by atoms with Gasteiger partial charge in [0.05, 0.1) is 34.0 Å². The van der Waals surface area contributed by atoms with Gasteiger partial charge in [0.1, 0.15) is 12.2 Å². The first kappa shape index (κ1) is 77.1. The molecule has 76 heavy (non-hydrogen) atoms. The summed E-state index contributed by atoms with van der Waals surface area (Å²) in [5.41, 5.74) is -11.4. The molecule has 1 saturated heterocycles. The van der Waals surface area contributed by atoms with E-state index in [1.165, 1.54) is 41.5 Å². The molecule has 14 nitrogen and oxygen atoms in total. The Kier molecular flexibility index (Phi) is 28.8. The highest BCUT2D eigenvalue weighted by molar-refractivity contribution is 7.86. The van der Waals surface area contributed by atoms with E-state index in [-0.39, 0.29) is 19.8 Å². The summed E-state index contributed by atoms with van der Waals surface area (Å²) >= 11 is 0. The fourth-order valence-electron chi connectivity index (χ4n) is 6.19. The number of halogens is 11. The molecular formula is C50H87F11O14S. The van der Waals surface area contributed by atoms with Crippen molar-refractivity contribution in [2.45, 2.75) is 260 Å². The number of alkyl halides is 11. The van der Waals surface area contributed by atoms with E-state index < -0.39 is 140 Å². The van der Waals surface area contributed by atoms with Gasteiger partial charge in [-0.15, -0.1) is 0 Å². The molecule has 454 valence electrons. The Morgan fingerprint density at radius 1 is 0.645 bits per heavy atom. The lowest BCUT2D eigenvalue weighted by atomic mass is 9.80. The largest absolute Gasteiger partial charge is 0.462 e. The van der Waals surface area contributed by atoms with Crippen LogP contribution in [-0.2, 0) is 53.0 Å². The van der Waals surface area contributed by atoms with Gasteiger partial charge in [0.2, 0.25) is 5.60 Å². The van der Waals surface area contributed by atoms with E-state index in [2.05, 4.69) is 9.47 Å². The summed E-state index contributed by atoms with van der Waals surface area (Å²) in [7, 11) is -3.75. The first-order valence-electron chi connectivity index (χ1n) is 24.7. The lowest BCUT2D eigenvalue weighted by Gasteiger charge is -2.39. The summed E-state index contributed by atoms with van der Waals surface area (Å²) in [6.45, 7) is 22.4. The molecule has 2 aliphatic rings. The highest BCUT2D eigenvalue weighted by Gasteiger charge is 2.86. The molecule has 0 radical (unpaired) electrons. The lowest BCUT2D eigenvalue weighted by molar-refractivity contribution is -0.410. The van der Waals surface area contributed by atoms with E-state index in [1.807, 2.05) is 6.92 Å².